The summed E-state index contributed by atoms with van der Waals surface area (Å²) in [5.74, 6) is 0. The number of hydrogen-bond acceptors (Lipinski definition) is 3. The average Bonchev–Trinajstić information content (AvgIpc) is 2.58. The number of fused-ring (bicyclic) bond motifs is 1. The van der Waals surface area contributed by atoms with E-state index in [1.165, 1.54) is 20.5 Å². The molecule has 2 aromatic rings. The van der Waals surface area contributed by atoms with Gasteiger partial charge in [-0.3, -0.25) is 0 Å². The van der Waals surface area contributed by atoms with E-state index < -0.39 is 0 Å². The van der Waals surface area contributed by atoms with Gasteiger partial charge in [-0.15, -0.1) is 23.1 Å². The predicted octanol–water partition coefficient (Wildman–Crippen LogP) is 3.42. The molecule has 0 amide bonds. The van der Waals surface area contributed by atoms with Crippen LogP contribution in [0.2, 0.25) is 0 Å². The van der Waals surface area contributed by atoms with Gasteiger partial charge in [0.2, 0.25) is 0 Å². The highest BCUT2D eigenvalue weighted by molar-refractivity contribution is 7.98. The van der Waals surface area contributed by atoms with Crippen molar-refractivity contribution in [3.05, 3.63) is 28.6 Å². The maximum Gasteiger partial charge on any atom is 0.0696 e. The van der Waals surface area contributed by atoms with Crippen molar-refractivity contribution in [2.45, 2.75) is 18.4 Å². The normalized spacial score (nSPS) is 11.1. The molecule has 0 fully saturated rings. The number of hydrogen-bond donors (Lipinski definition) is 1. The van der Waals surface area contributed by atoms with E-state index in [1.807, 2.05) is 5.38 Å². The summed E-state index contributed by atoms with van der Waals surface area (Å²) in [6, 6.07) is 4.38. The topological polar surface area (TPSA) is 20.2 Å². The Kier molecular flexibility index (Phi) is 2.81. The molecule has 0 aliphatic carbocycles. The molecule has 0 aliphatic rings. The lowest BCUT2D eigenvalue weighted by atomic mass is 10.1. The van der Waals surface area contributed by atoms with Crippen LogP contribution < -0.4 is 0 Å². The number of thioether (sulfide) groups is 1. The molecule has 74 valence electrons. The lowest BCUT2D eigenvalue weighted by Gasteiger charge is -2.03. The first-order chi connectivity index (χ1) is 6.76. The Labute approximate surface area is 91.8 Å². The van der Waals surface area contributed by atoms with Crippen LogP contribution in [-0.2, 0) is 6.61 Å². The second-order valence-electron chi connectivity index (χ2n) is 3.24. The van der Waals surface area contributed by atoms with Crippen molar-refractivity contribution in [1.82, 2.24) is 0 Å². The van der Waals surface area contributed by atoms with Crippen LogP contribution in [0.3, 0.4) is 0 Å². The zero-order valence-electron chi connectivity index (χ0n) is 8.20. The Hall–Kier alpha value is -0.510. The molecule has 3 heteroatoms. The van der Waals surface area contributed by atoms with Gasteiger partial charge in [0.25, 0.3) is 0 Å². The molecule has 1 aromatic heterocycles. The van der Waals surface area contributed by atoms with E-state index in [0.717, 1.165) is 5.56 Å². The summed E-state index contributed by atoms with van der Waals surface area (Å²) in [7, 11) is 0. The minimum Gasteiger partial charge on any atom is -0.392 e. The summed E-state index contributed by atoms with van der Waals surface area (Å²) in [5.41, 5.74) is 2.33. The van der Waals surface area contributed by atoms with Crippen molar-refractivity contribution < 1.29 is 5.11 Å². The summed E-state index contributed by atoms with van der Waals surface area (Å²) >= 11 is 3.47. The van der Waals surface area contributed by atoms with Crippen LogP contribution in [0.25, 0.3) is 10.1 Å². The SMILES string of the molecule is CSc1cc2scc(CO)c2cc1C. The van der Waals surface area contributed by atoms with E-state index in [1.54, 1.807) is 23.1 Å². The minimum absolute atomic E-state index is 0.137. The van der Waals surface area contributed by atoms with Crippen LogP contribution in [0, 0.1) is 6.92 Å². The second-order valence-corrected chi connectivity index (χ2v) is 5.00. The van der Waals surface area contributed by atoms with Gasteiger partial charge >= 0.3 is 0 Å². The molecular formula is C11H12OS2. The molecule has 0 radical (unpaired) electrons. The molecule has 0 aliphatic heterocycles. The van der Waals surface area contributed by atoms with Crippen LogP contribution in [-0.4, -0.2) is 11.4 Å². The highest BCUT2D eigenvalue weighted by Crippen LogP contribution is 2.32. The predicted molar refractivity (Wildman–Crippen MR) is 64.3 cm³/mol. The standard InChI is InChI=1S/C11H12OS2/c1-7-3-9-8(5-12)6-14-11(9)4-10(7)13-2/h3-4,6,12H,5H2,1-2H3. The first-order valence-electron chi connectivity index (χ1n) is 4.42. The van der Waals surface area contributed by atoms with Gasteiger partial charge in [0.15, 0.2) is 0 Å². The number of aliphatic hydroxyl groups is 1. The van der Waals surface area contributed by atoms with Gasteiger partial charge in [-0.1, -0.05) is 0 Å². The third-order valence-corrected chi connectivity index (χ3v) is 4.22. The van der Waals surface area contributed by atoms with Crippen LogP contribution in [0.4, 0.5) is 0 Å². The van der Waals surface area contributed by atoms with Crippen molar-refractivity contribution in [2.24, 2.45) is 0 Å². The molecule has 1 nitrogen and oxygen atoms in total. The molecular weight excluding hydrogens is 212 g/mol. The Morgan fingerprint density at radius 3 is 2.86 bits per heavy atom. The van der Waals surface area contributed by atoms with Gasteiger partial charge < -0.3 is 5.11 Å². The van der Waals surface area contributed by atoms with Gasteiger partial charge in [-0.25, -0.2) is 0 Å². The molecule has 0 bridgehead atoms. The molecule has 0 saturated heterocycles. The number of benzene rings is 1. The van der Waals surface area contributed by atoms with E-state index in [0.29, 0.717) is 0 Å². The van der Waals surface area contributed by atoms with Crippen LogP contribution in [0.15, 0.2) is 22.4 Å². The molecule has 0 atom stereocenters. The fourth-order valence-electron chi connectivity index (χ4n) is 1.56. The number of aliphatic hydroxyl groups excluding tert-OH is 1. The largest absolute Gasteiger partial charge is 0.392 e. The smallest absolute Gasteiger partial charge is 0.0696 e. The van der Waals surface area contributed by atoms with Gasteiger partial charge in [0.1, 0.15) is 0 Å². The second kappa shape index (κ2) is 3.93. The molecule has 0 saturated carbocycles. The third kappa shape index (κ3) is 1.56. The van der Waals surface area contributed by atoms with Crippen LogP contribution in [0.1, 0.15) is 11.1 Å². The first-order valence-corrected chi connectivity index (χ1v) is 6.52. The van der Waals surface area contributed by atoms with Crippen molar-refractivity contribution in [1.29, 1.82) is 0 Å². The van der Waals surface area contributed by atoms with E-state index >= 15 is 0 Å². The van der Waals surface area contributed by atoms with E-state index in [9.17, 15) is 0 Å². The lowest BCUT2D eigenvalue weighted by molar-refractivity contribution is 0.284. The van der Waals surface area contributed by atoms with E-state index in [2.05, 4.69) is 25.3 Å². The average molecular weight is 224 g/mol. The summed E-state index contributed by atoms with van der Waals surface area (Å²) in [6.45, 7) is 2.25. The zero-order chi connectivity index (χ0) is 10.1. The van der Waals surface area contributed by atoms with Gasteiger partial charge in [-0.05, 0) is 47.2 Å². The molecule has 14 heavy (non-hydrogen) atoms. The highest BCUT2D eigenvalue weighted by atomic mass is 32.2. The minimum atomic E-state index is 0.137. The zero-order valence-corrected chi connectivity index (χ0v) is 9.84. The van der Waals surface area contributed by atoms with Gasteiger partial charge in [0, 0.05) is 9.60 Å². The molecule has 2 rings (SSSR count). The third-order valence-electron chi connectivity index (χ3n) is 2.34. The summed E-state index contributed by atoms with van der Waals surface area (Å²) in [5, 5.41) is 12.4. The first kappa shape index (κ1) is 10.0. The lowest BCUT2D eigenvalue weighted by Crippen LogP contribution is -1.82. The van der Waals surface area contributed by atoms with Crippen LogP contribution >= 0.6 is 23.1 Å². The fourth-order valence-corrected chi connectivity index (χ4v) is 3.22. The number of aryl methyl sites for hydroxylation is 1. The van der Waals surface area contributed by atoms with Crippen molar-refractivity contribution in [2.75, 3.05) is 6.26 Å². The maximum atomic E-state index is 9.14. The molecule has 1 N–H and O–H groups in total. The molecule has 0 unspecified atom stereocenters. The van der Waals surface area contributed by atoms with Gasteiger partial charge in [0.05, 0.1) is 6.61 Å². The van der Waals surface area contributed by atoms with Crippen molar-refractivity contribution in [3.63, 3.8) is 0 Å². The van der Waals surface area contributed by atoms with Gasteiger partial charge in [-0.2, -0.15) is 0 Å². The Bertz CT molecular complexity index is 460. The molecule has 1 aromatic carbocycles. The molecule has 1 heterocycles. The fraction of sp³-hybridized carbons (Fsp3) is 0.273. The van der Waals surface area contributed by atoms with Crippen molar-refractivity contribution in [3.8, 4) is 0 Å². The quantitative estimate of drug-likeness (QED) is 0.789. The Morgan fingerprint density at radius 2 is 2.21 bits per heavy atom. The Morgan fingerprint density at radius 1 is 1.43 bits per heavy atom. The van der Waals surface area contributed by atoms with E-state index in [4.69, 9.17) is 5.11 Å². The monoisotopic (exact) mass is 224 g/mol. The van der Waals surface area contributed by atoms with E-state index in [-0.39, 0.29) is 6.61 Å². The van der Waals surface area contributed by atoms with Crippen LogP contribution in [0.5, 0.6) is 0 Å². The summed E-state index contributed by atoms with van der Waals surface area (Å²) in [4.78, 5) is 1.32. The summed E-state index contributed by atoms with van der Waals surface area (Å²) < 4.78 is 1.27. The molecule has 0 spiro atoms. The Balaban J connectivity index is 2.69. The highest BCUT2D eigenvalue weighted by Gasteiger charge is 2.06. The summed E-state index contributed by atoms with van der Waals surface area (Å²) in [6.07, 6.45) is 2.09. The number of rotatable bonds is 2. The number of thiophene rings is 1. The maximum absolute atomic E-state index is 9.14. The van der Waals surface area contributed by atoms with Crippen molar-refractivity contribution >= 4 is 33.2 Å².